The van der Waals surface area contributed by atoms with E-state index in [9.17, 15) is 19.7 Å². The maximum absolute atomic E-state index is 13.0. The zero-order valence-electron chi connectivity index (χ0n) is 15.4. The van der Waals surface area contributed by atoms with Gasteiger partial charge in [-0.15, -0.1) is 11.3 Å². The van der Waals surface area contributed by atoms with Crippen LogP contribution in [0.1, 0.15) is 18.2 Å². The molecule has 9 heteroatoms. The van der Waals surface area contributed by atoms with Gasteiger partial charge in [-0.2, -0.15) is 0 Å². The SMILES string of the molecule is CC1(c2ccc([N+](=O)[O-])cc2)NC(=O)N(Cc2csc(-c3ccccc3)n2)C1=O. The number of nitrogens with one attached hydrogen (secondary N) is 1. The number of carbonyl (C=O) groups excluding carboxylic acids is 2. The second-order valence-electron chi connectivity index (χ2n) is 6.76. The fourth-order valence-electron chi connectivity index (χ4n) is 3.21. The lowest BCUT2D eigenvalue weighted by Crippen LogP contribution is -2.40. The number of benzene rings is 2. The molecule has 1 saturated heterocycles. The van der Waals surface area contributed by atoms with E-state index >= 15 is 0 Å². The van der Waals surface area contributed by atoms with Crippen molar-refractivity contribution < 1.29 is 14.5 Å². The Morgan fingerprint density at radius 1 is 1.14 bits per heavy atom. The molecule has 0 aliphatic carbocycles. The van der Waals surface area contributed by atoms with E-state index in [2.05, 4.69) is 10.3 Å². The Kier molecular flexibility index (Phi) is 4.59. The molecule has 0 saturated carbocycles. The molecule has 3 amide bonds. The molecule has 3 aromatic rings. The zero-order valence-corrected chi connectivity index (χ0v) is 16.2. The molecule has 1 aliphatic rings. The molecule has 1 aliphatic heterocycles. The molecule has 1 N–H and O–H groups in total. The monoisotopic (exact) mass is 408 g/mol. The fraction of sp³-hybridized carbons (Fsp3) is 0.150. The number of carbonyl (C=O) groups is 2. The van der Waals surface area contributed by atoms with E-state index in [-0.39, 0.29) is 12.2 Å². The number of nitro benzene ring substituents is 1. The summed E-state index contributed by atoms with van der Waals surface area (Å²) >= 11 is 1.44. The number of rotatable bonds is 5. The Morgan fingerprint density at radius 2 is 1.83 bits per heavy atom. The summed E-state index contributed by atoms with van der Waals surface area (Å²) in [6.07, 6.45) is 0. The van der Waals surface area contributed by atoms with E-state index in [1.807, 2.05) is 35.7 Å². The Hall–Kier alpha value is -3.59. The highest BCUT2D eigenvalue weighted by molar-refractivity contribution is 7.13. The Labute approximate surface area is 170 Å². The maximum atomic E-state index is 13.0. The minimum absolute atomic E-state index is 0.0522. The first-order valence-corrected chi connectivity index (χ1v) is 9.65. The molecular formula is C20H16N4O4S. The van der Waals surface area contributed by atoms with Crippen LogP contribution in [0.5, 0.6) is 0 Å². The van der Waals surface area contributed by atoms with Gasteiger partial charge in [0.15, 0.2) is 0 Å². The lowest BCUT2D eigenvalue weighted by Gasteiger charge is -2.21. The molecule has 4 rings (SSSR count). The average molecular weight is 408 g/mol. The van der Waals surface area contributed by atoms with Gasteiger partial charge in [0.1, 0.15) is 10.5 Å². The van der Waals surface area contributed by atoms with Crippen molar-refractivity contribution in [3.8, 4) is 10.6 Å². The van der Waals surface area contributed by atoms with Crippen LogP contribution in [0.15, 0.2) is 60.0 Å². The zero-order chi connectivity index (χ0) is 20.6. The summed E-state index contributed by atoms with van der Waals surface area (Å²) in [4.78, 5) is 41.5. The van der Waals surface area contributed by atoms with Crippen LogP contribution in [0.2, 0.25) is 0 Å². The van der Waals surface area contributed by atoms with Crippen molar-refractivity contribution in [2.24, 2.45) is 0 Å². The second-order valence-corrected chi connectivity index (χ2v) is 7.62. The van der Waals surface area contributed by atoms with Gasteiger partial charge in [0.2, 0.25) is 0 Å². The van der Waals surface area contributed by atoms with Crippen LogP contribution in [-0.4, -0.2) is 26.7 Å². The van der Waals surface area contributed by atoms with Gasteiger partial charge in [0, 0.05) is 23.1 Å². The molecule has 2 aromatic carbocycles. The first kappa shape index (κ1) is 18.8. The molecule has 0 radical (unpaired) electrons. The van der Waals surface area contributed by atoms with Crippen LogP contribution in [0.3, 0.4) is 0 Å². The number of hydrogen-bond donors (Lipinski definition) is 1. The minimum Gasteiger partial charge on any atom is -0.319 e. The normalized spacial score (nSPS) is 18.7. The lowest BCUT2D eigenvalue weighted by atomic mass is 9.92. The topological polar surface area (TPSA) is 105 Å². The Balaban J connectivity index is 1.55. The molecule has 1 unspecified atom stereocenters. The van der Waals surface area contributed by atoms with E-state index in [4.69, 9.17) is 0 Å². The molecule has 0 bridgehead atoms. The van der Waals surface area contributed by atoms with Crippen molar-refractivity contribution in [3.05, 3.63) is 81.3 Å². The van der Waals surface area contributed by atoms with Crippen molar-refractivity contribution in [1.82, 2.24) is 15.2 Å². The summed E-state index contributed by atoms with van der Waals surface area (Å²) in [6, 6.07) is 14.7. The number of nitrogens with zero attached hydrogens (tertiary/aromatic N) is 3. The van der Waals surface area contributed by atoms with Gasteiger partial charge in [-0.05, 0) is 24.6 Å². The first-order valence-electron chi connectivity index (χ1n) is 8.77. The Bertz CT molecular complexity index is 1100. The standard InChI is InChI=1S/C20H16N4O4S/c1-20(14-7-9-16(10-8-14)24(27)28)18(25)23(19(26)22-20)11-15-12-29-17(21-15)13-5-3-2-4-6-13/h2-10,12H,11H2,1H3,(H,22,26). The maximum Gasteiger partial charge on any atom is 0.325 e. The number of amides is 3. The van der Waals surface area contributed by atoms with Gasteiger partial charge in [-0.1, -0.05) is 30.3 Å². The smallest absolute Gasteiger partial charge is 0.319 e. The molecule has 29 heavy (non-hydrogen) atoms. The largest absolute Gasteiger partial charge is 0.325 e. The third-order valence-corrected chi connectivity index (χ3v) is 5.76. The molecule has 0 spiro atoms. The summed E-state index contributed by atoms with van der Waals surface area (Å²) in [7, 11) is 0. The van der Waals surface area contributed by atoms with Gasteiger partial charge in [0.25, 0.3) is 11.6 Å². The molecule has 2 heterocycles. The number of nitro groups is 1. The van der Waals surface area contributed by atoms with Gasteiger partial charge >= 0.3 is 6.03 Å². The average Bonchev–Trinajstić information content (AvgIpc) is 3.28. The van der Waals surface area contributed by atoms with Crippen molar-refractivity contribution in [3.63, 3.8) is 0 Å². The van der Waals surface area contributed by atoms with Crippen LogP contribution in [0, 0.1) is 10.1 Å². The quantitative estimate of drug-likeness (QED) is 0.394. The molecule has 1 aromatic heterocycles. The highest BCUT2D eigenvalue weighted by Crippen LogP contribution is 2.31. The molecule has 1 atom stereocenters. The summed E-state index contributed by atoms with van der Waals surface area (Å²) in [5, 5.41) is 16.2. The summed E-state index contributed by atoms with van der Waals surface area (Å²) < 4.78 is 0. The van der Waals surface area contributed by atoms with E-state index in [1.165, 1.54) is 35.6 Å². The van der Waals surface area contributed by atoms with E-state index in [1.54, 1.807) is 6.92 Å². The van der Waals surface area contributed by atoms with Crippen LogP contribution < -0.4 is 5.32 Å². The third-order valence-electron chi connectivity index (χ3n) is 4.82. The molecule has 8 nitrogen and oxygen atoms in total. The van der Waals surface area contributed by atoms with Crippen LogP contribution in [-0.2, 0) is 16.9 Å². The van der Waals surface area contributed by atoms with Gasteiger partial charge < -0.3 is 5.32 Å². The highest BCUT2D eigenvalue weighted by Gasteiger charge is 2.49. The number of imide groups is 1. The van der Waals surface area contributed by atoms with E-state index < -0.39 is 22.4 Å². The summed E-state index contributed by atoms with van der Waals surface area (Å²) in [6.45, 7) is 1.64. The third kappa shape index (κ3) is 3.36. The number of urea groups is 1. The summed E-state index contributed by atoms with van der Waals surface area (Å²) in [5.74, 6) is -0.425. The van der Waals surface area contributed by atoms with Gasteiger partial charge in [-0.3, -0.25) is 19.8 Å². The van der Waals surface area contributed by atoms with Crippen molar-refractivity contribution >= 4 is 29.0 Å². The molecular weight excluding hydrogens is 392 g/mol. The van der Waals surface area contributed by atoms with Gasteiger partial charge in [-0.25, -0.2) is 9.78 Å². The van der Waals surface area contributed by atoms with Crippen LogP contribution >= 0.6 is 11.3 Å². The van der Waals surface area contributed by atoms with Crippen molar-refractivity contribution in [2.45, 2.75) is 19.0 Å². The fourth-order valence-corrected chi connectivity index (χ4v) is 4.02. The molecule has 146 valence electrons. The van der Waals surface area contributed by atoms with E-state index in [0.29, 0.717) is 11.3 Å². The van der Waals surface area contributed by atoms with Gasteiger partial charge in [0.05, 0.1) is 17.2 Å². The highest BCUT2D eigenvalue weighted by atomic mass is 32.1. The first-order chi connectivity index (χ1) is 13.9. The second kappa shape index (κ2) is 7.10. The van der Waals surface area contributed by atoms with E-state index in [0.717, 1.165) is 15.5 Å². The Morgan fingerprint density at radius 3 is 2.48 bits per heavy atom. The van der Waals surface area contributed by atoms with Crippen molar-refractivity contribution in [2.75, 3.05) is 0 Å². The molecule has 1 fully saturated rings. The summed E-state index contributed by atoms with van der Waals surface area (Å²) in [5.41, 5.74) is 0.695. The number of thiazole rings is 1. The number of hydrogen-bond acceptors (Lipinski definition) is 6. The predicted molar refractivity (Wildman–Crippen MR) is 107 cm³/mol. The predicted octanol–water partition coefficient (Wildman–Crippen LogP) is 3.69. The lowest BCUT2D eigenvalue weighted by molar-refractivity contribution is -0.384. The number of aromatic nitrogens is 1. The number of non-ortho nitro benzene ring substituents is 1. The van der Waals surface area contributed by atoms with Crippen LogP contribution in [0.25, 0.3) is 10.6 Å². The van der Waals surface area contributed by atoms with Crippen molar-refractivity contribution in [1.29, 1.82) is 0 Å². The minimum atomic E-state index is -1.29. The van der Waals surface area contributed by atoms with Crippen LogP contribution in [0.4, 0.5) is 10.5 Å².